The van der Waals surface area contributed by atoms with E-state index in [0.717, 1.165) is 63.2 Å². The molecule has 22 valence electrons. The van der Waals surface area contributed by atoms with Crippen molar-refractivity contribution in [2.24, 2.45) is 0 Å². The van der Waals surface area contributed by atoms with Crippen LogP contribution in [0.1, 0.15) is 0 Å². The Morgan fingerprint density at radius 3 is 1.25 bits per heavy atom. The van der Waals surface area contributed by atoms with E-state index in [1.807, 2.05) is 0 Å². The molecular formula is H2BiI2K. The van der Waals surface area contributed by atoms with Gasteiger partial charge in [0.2, 0.25) is 0 Å². The van der Waals surface area contributed by atoms with Crippen LogP contribution in [0, 0.1) is 0 Å². The van der Waals surface area contributed by atoms with Gasteiger partial charge in [0.25, 0.3) is 0 Å². The normalized spacial score (nSPS) is 3.25. The first-order valence-electron chi connectivity index (χ1n) is 0.596. The third kappa shape index (κ3) is 9.36. The predicted octanol–water partition coefficient (Wildman–Crippen LogP) is 0.474. The molecule has 0 saturated heterocycles. The fourth-order valence-electron chi connectivity index (χ4n) is 0. The molecule has 0 aliphatic heterocycles. The van der Waals surface area contributed by atoms with E-state index in [4.69, 9.17) is 0 Å². The Morgan fingerprint density at radius 1 is 1.25 bits per heavy atom. The Bertz CT molecular complexity index is 6.00. The first-order valence-corrected chi connectivity index (χ1v) is 23.3. The number of halogens is 2. The molecule has 0 radical (unpaired) electrons. The Balaban J connectivity index is 0. The Labute approximate surface area is 88.8 Å². The van der Waals surface area contributed by atoms with Gasteiger partial charge in [0.15, 0.2) is 0 Å². The Morgan fingerprint density at radius 2 is 1.25 bits per heavy atom. The van der Waals surface area contributed by atoms with Crippen LogP contribution in [0.5, 0.6) is 0 Å². The standard InChI is InChI=1S/Bi.2HI.K.2H/h;2*1H;;;/q+1;;;+1;;/p-2. The van der Waals surface area contributed by atoms with Crippen molar-refractivity contribution < 1.29 is 0 Å². The molecule has 0 aliphatic rings. The summed E-state index contributed by atoms with van der Waals surface area (Å²) in [6, 6.07) is 0. The molecule has 0 amide bonds. The topological polar surface area (TPSA) is 0 Å². The average molecular weight is 504 g/mol. The van der Waals surface area contributed by atoms with E-state index in [1.165, 1.54) is 0 Å². The van der Waals surface area contributed by atoms with Crippen LogP contribution in [0.15, 0.2) is 0 Å². The van der Waals surface area contributed by atoms with Crippen LogP contribution in [-0.4, -0.2) is 63.2 Å². The van der Waals surface area contributed by atoms with E-state index in [1.54, 1.807) is 0 Å². The fraction of sp³-hybridized carbons (Fsp3) is 0. The van der Waals surface area contributed by atoms with Gasteiger partial charge in [0.05, 0.1) is 0 Å². The summed E-state index contributed by atoms with van der Waals surface area (Å²) in [5, 5.41) is 0. The zero-order valence-electron chi connectivity index (χ0n) is 2.33. The molecule has 0 fully saturated rings. The molecule has 0 N–H and O–H groups in total. The van der Waals surface area contributed by atoms with E-state index in [9.17, 15) is 0 Å². The summed E-state index contributed by atoms with van der Waals surface area (Å²) in [6.45, 7) is 0. The molecule has 0 unspecified atom stereocenters. The molecule has 4 heavy (non-hydrogen) atoms. The summed E-state index contributed by atoms with van der Waals surface area (Å²) < 4.78 is 0. The predicted molar refractivity (Wildman–Crippen MR) is 42.3 cm³/mol. The molecule has 0 aromatic rings. The van der Waals surface area contributed by atoms with Crippen molar-refractivity contribution in [3.63, 3.8) is 0 Å². The monoisotopic (exact) mass is 504 g/mol. The van der Waals surface area contributed by atoms with Crippen LogP contribution < -0.4 is 0 Å². The first kappa shape index (κ1) is 10.9. The Hall–Kier alpha value is 3.98. The zero-order chi connectivity index (χ0) is 4.00. The van der Waals surface area contributed by atoms with Crippen LogP contribution in [0.2, 0.25) is 0 Å². The molecule has 0 rings (SSSR count). The van der Waals surface area contributed by atoms with Crippen molar-refractivity contribution in [3.05, 3.63) is 0 Å². The second-order valence-electron chi connectivity index (χ2n) is 0. The summed E-state index contributed by atoms with van der Waals surface area (Å²) >= 11 is 6.82. The average Bonchev–Trinajstić information content (AvgIpc) is 1.50. The third-order valence-electron chi connectivity index (χ3n) is 0. The molecule has 0 aromatic carbocycles. The van der Waals surface area contributed by atoms with E-state index < -0.39 is 0 Å². The molecule has 4 heteroatoms. The van der Waals surface area contributed by atoms with Crippen molar-refractivity contribution in [2.45, 2.75) is 0 Å². The summed E-state index contributed by atoms with van der Waals surface area (Å²) in [4.78, 5) is 0. The molecule has 0 saturated carbocycles. The van der Waals surface area contributed by atoms with E-state index in [2.05, 4.69) is 29.3 Å². The molecule has 0 atom stereocenters. The van der Waals surface area contributed by atoms with E-state index in [0.29, 0.717) is 0 Å². The second-order valence-corrected chi connectivity index (χ2v) is 0. The van der Waals surface area contributed by atoms with Gasteiger partial charge in [-0.2, -0.15) is 0 Å². The van der Waals surface area contributed by atoms with Gasteiger partial charge in [0.1, 0.15) is 0 Å². The minimum atomic E-state index is 1.03. The Kier molecular flexibility index (Phi) is 42.8. The SMILES string of the molecule is [I][BiH2].[K][I]. The van der Waals surface area contributed by atoms with Gasteiger partial charge >= 0.3 is 92.6 Å². The van der Waals surface area contributed by atoms with Gasteiger partial charge in [-0.3, -0.25) is 0 Å². The molecule has 0 spiro atoms. The maximum atomic E-state index is 2.34. The van der Waals surface area contributed by atoms with E-state index in [-0.39, 0.29) is 0 Å². The zero-order valence-corrected chi connectivity index (χ0v) is 14.3. The molecule has 0 aliphatic carbocycles. The summed E-state index contributed by atoms with van der Waals surface area (Å²) in [5.41, 5.74) is 0. The first-order chi connectivity index (χ1) is 2.00. The molecule has 0 aromatic heterocycles. The van der Waals surface area contributed by atoms with Crippen LogP contribution >= 0.6 is 29.3 Å². The van der Waals surface area contributed by atoms with Crippen molar-refractivity contribution in [1.82, 2.24) is 0 Å². The molecule has 0 heterocycles. The van der Waals surface area contributed by atoms with Crippen LogP contribution in [-0.2, 0) is 0 Å². The van der Waals surface area contributed by atoms with Gasteiger partial charge in [-0.15, -0.1) is 0 Å². The number of rotatable bonds is 0. The summed E-state index contributed by atoms with van der Waals surface area (Å²) in [6.07, 6.45) is 0. The summed E-state index contributed by atoms with van der Waals surface area (Å²) in [7, 11) is 0. The van der Waals surface area contributed by atoms with Gasteiger partial charge < -0.3 is 0 Å². The fourth-order valence-corrected chi connectivity index (χ4v) is 0. The van der Waals surface area contributed by atoms with Gasteiger partial charge in [0, 0.05) is 0 Å². The van der Waals surface area contributed by atoms with Gasteiger partial charge in [-0.05, 0) is 0 Å². The van der Waals surface area contributed by atoms with Crippen molar-refractivity contribution >= 4 is 92.6 Å². The number of hydrogen-bond donors (Lipinski definition) is 0. The van der Waals surface area contributed by atoms with Crippen LogP contribution in [0.4, 0.5) is 0 Å². The molecular weight excluding hydrogens is 502 g/mol. The van der Waals surface area contributed by atoms with Crippen LogP contribution in [0.25, 0.3) is 0 Å². The van der Waals surface area contributed by atoms with Gasteiger partial charge in [-0.25, -0.2) is 0 Å². The second kappa shape index (κ2) is 15.8. The van der Waals surface area contributed by atoms with Crippen molar-refractivity contribution in [1.29, 1.82) is 0 Å². The molecule has 0 nitrogen and oxygen atoms in total. The van der Waals surface area contributed by atoms with Crippen LogP contribution in [0.3, 0.4) is 0 Å². The van der Waals surface area contributed by atoms with Crippen molar-refractivity contribution in [3.8, 4) is 0 Å². The van der Waals surface area contributed by atoms with Gasteiger partial charge in [-0.1, -0.05) is 0 Å². The van der Waals surface area contributed by atoms with Crippen molar-refractivity contribution in [2.75, 3.05) is 0 Å². The van der Waals surface area contributed by atoms with E-state index >= 15 is 0 Å². The quantitative estimate of drug-likeness (QED) is 0.333. The maximum absolute atomic E-state index is 2.34. The molecule has 0 bridgehead atoms. The third-order valence-corrected chi connectivity index (χ3v) is 0. The minimum absolute atomic E-state index is 1.03. The summed E-state index contributed by atoms with van der Waals surface area (Å²) in [5.74, 6) is 0. The number of hydrogen-bond acceptors (Lipinski definition) is 0.